The lowest BCUT2D eigenvalue weighted by atomic mass is 10.0. The van der Waals surface area contributed by atoms with E-state index in [2.05, 4.69) is 0 Å². The number of likely N-dealkylation sites (tertiary alicyclic amines) is 1. The second kappa shape index (κ2) is 7.27. The lowest BCUT2D eigenvalue weighted by Gasteiger charge is -2.24. The van der Waals surface area contributed by atoms with Gasteiger partial charge >= 0.3 is 0 Å². The Morgan fingerprint density at radius 3 is 2.74 bits per heavy atom. The minimum Gasteiger partial charge on any atom is -0.494 e. The zero-order chi connectivity index (χ0) is 18.8. The summed E-state index contributed by atoms with van der Waals surface area (Å²) in [5, 5.41) is 0.485. The molecule has 1 fully saturated rings. The van der Waals surface area contributed by atoms with Crippen molar-refractivity contribution >= 4 is 16.9 Å². The molecule has 0 bridgehead atoms. The van der Waals surface area contributed by atoms with E-state index in [0.29, 0.717) is 24.1 Å². The summed E-state index contributed by atoms with van der Waals surface area (Å²) in [7, 11) is 0. The second-order valence-corrected chi connectivity index (χ2v) is 6.63. The summed E-state index contributed by atoms with van der Waals surface area (Å²) in [5.41, 5.74) is 1.30. The van der Waals surface area contributed by atoms with Crippen LogP contribution in [0.3, 0.4) is 0 Å². The van der Waals surface area contributed by atoms with Crippen LogP contribution >= 0.6 is 0 Å². The first-order valence-corrected chi connectivity index (χ1v) is 9.24. The van der Waals surface area contributed by atoms with E-state index in [4.69, 9.17) is 9.15 Å². The highest BCUT2D eigenvalue weighted by Crippen LogP contribution is 2.34. The quantitative estimate of drug-likeness (QED) is 0.698. The van der Waals surface area contributed by atoms with Crippen molar-refractivity contribution in [3.8, 4) is 5.75 Å². The molecule has 1 amide bonds. The van der Waals surface area contributed by atoms with Crippen LogP contribution in [0.1, 0.15) is 41.9 Å². The molecule has 0 aliphatic carbocycles. The number of hydrogen-bond donors (Lipinski definition) is 0. The third kappa shape index (κ3) is 3.33. The molecule has 1 aliphatic heterocycles. The summed E-state index contributed by atoms with van der Waals surface area (Å²) < 4.78 is 11.2. The zero-order valence-corrected chi connectivity index (χ0v) is 15.2. The van der Waals surface area contributed by atoms with Crippen LogP contribution in [0.15, 0.2) is 63.8 Å². The Morgan fingerprint density at radius 1 is 1.19 bits per heavy atom. The third-order valence-electron chi connectivity index (χ3n) is 4.93. The van der Waals surface area contributed by atoms with Gasteiger partial charge in [-0.2, -0.15) is 0 Å². The topological polar surface area (TPSA) is 59.8 Å². The number of fused-ring (bicyclic) bond motifs is 1. The van der Waals surface area contributed by atoms with Gasteiger partial charge in [0.15, 0.2) is 11.2 Å². The van der Waals surface area contributed by atoms with Gasteiger partial charge in [0.25, 0.3) is 5.91 Å². The van der Waals surface area contributed by atoms with Crippen molar-refractivity contribution in [1.82, 2.24) is 4.90 Å². The average Bonchev–Trinajstić information content (AvgIpc) is 3.18. The lowest BCUT2D eigenvalue weighted by molar-refractivity contribution is 0.0704. The summed E-state index contributed by atoms with van der Waals surface area (Å²) >= 11 is 0. The average molecular weight is 363 g/mol. The van der Waals surface area contributed by atoms with Crippen molar-refractivity contribution in [2.24, 2.45) is 0 Å². The van der Waals surface area contributed by atoms with Crippen molar-refractivity contribution in [2.75, 3.05) is 13.2 Å². The highest BCUT2D eigenvalue weighted by atomic mass is 16.5. The number of amides is 1. The molecular weight excluding hydrogens is 342 g/mol. The Labute approximate surface area is 157 Å². The van der Waals surface area contributed by atoms with Crippen LogP contribution in [0.4, 0.5) is 0 Å². The number of rotatable bonds is 4. The van der Waals surface area contributed by atoms with E-state index in [-0.39, 0.29) is 23.1 Å². The van der Waals surface area contributed by atoms with Crippen molar-refractivity contribution in [3.63, 3.8) is 0 Å². The third-order valence-corrected chi connectivity index (χ3v) is 4.93. The first-order valence-electron chi connectivity index (χ1n) is 9.24. The summed E-state index contributed by atoms with van der Waals surface area (Å²) in [6.07, 6.45) is 1.80. The number of hydrogen-bond acceptors (Lipinski definition) is 4. The minimum atomic E-state index is -0.241. The largest absolute Gasteiger partial charge is 0.494 e. The number of nitrogens with zero attached hydrogens (tertiary/aromatic N) is 1. The molecule has 4 rings (SSSR count). The van der Waals surface area contributed by atoms with Crippen molar-refractivity contribution < 1.29 is 13.9 Å². The van der Waals surface area contributed by atoms with Crippen LogP contribution in [0.5, 0.6) is 5.75 Å². The molecule has 1 aromatic heterocycles. The summed E-state index contributed by atoms with van der Waals surface area (Å²) in [5.74, 6) is 0.670. The molecule has 0 radical (unpaired) electrons. The first-order chi connectivity index (χ1) is 13.2. The van der Waals surface area contributed by atoms with Crippen LogP contribution in [-0.4, -0.2) is 24.0 Å². The fraction of sp³-hybridized carbons (Fsp3) is 0.273. The number of para-hydroxylation sites is 1. The molecule has 27 heavy (non-hydrogen) atoms. The van der Waals surface area contributed by atoms with Gasteiger partial charge in [-0.25, -0.2) is 0 Å². The molecule has 0 spiro atoms. The van der Waals surface area contributed by atoms with E-state index in [1.807, 2.05) is 31.2 Å². The normalized spacial score (nSPS) is 16.6. The Balaban J connectivity index is 1.63. The van der Waals surface area contributed by atoms with E-state index < -0.39 is 0 Å². The van der Waals surface area contributed by atoms with E-state index >= 15 is 0 Å². The number of benzene rings is 2. The van der Waals surface area contributed by atoms with E-state index in [9.17, 15) is 9.59 Å². The van der Waals surface area contributed by atoms with Gasteiger partial charge in [0.05, 0.1) is 18.0 Å². The lowest BCUT2D eigenvalue weighted by Crippen LogP contribution is -2.31. The van der Waals surface area contributed by atoms with Crippen LogP contribution in [0, 0.1) is 0 Å². The predicted molar refractivity (Wildman–Crippen MR) is 103 cm³/mol. The van der Waals surface area contributed by atoms with Gasteiger partial charge in [-0.3, -0.25) is 9.59 Å². The maximum atomic E-state index is 13.1. The number of ether oxygens (including phenoxy) is 1. The Hall–Kier alpha value is -3.08. The Kier molecular flexibility index (Phi) is 4.67. The van der Waals surface area contributed by atoms with Gasteiger partial charge in [0.1, 0.15) is 11.3 Å². The fourth-order valence-electron chi connectivity index (χ4n) is 3.66. The second-order valence-electron chi connectivity index (χ2n) is 6.63. The highest BCUT2D eigenvalue weighted by Gasteiger charge is 2.32. The summed E-state index contributed by atoms with van der Waals surface area (Å²) in [6.45, 7) is 3.21. The molecule has 5 nitrogen and oxygen atoms in total. The molecule has 0 N–H and O–H groups in total. The van der Waals surface area contributed by atoms with Crippen LogP contribution in [0.2, 0.25) is 0 Å². The maximum absolute atomic E-state index is 13.1. The summed E-state index contributed by atoms with van der Waals surface area (Å²) in [6, 6.07) is 16.1. The first kappa shape index (κ1) is 17.3. The van der Waals surface area contributed by atoms with Crippen LogP contribution in [-0.2, 0) is 0 Å². The van der Waals surface area contributed by atoms with Gasteiger partial charge in [-0.05, 0) is 49.6 Å². The van der Waals surface area contributed by atoms with Crippen molar-refractivity contribution in [3.05, 3.63) is 76.1 Å². The predicted octanol–water partition coefficient (Wildman–Crippen LogP) is 4.17. The van der Waals surface area contributed by atoms with Crippen molar-refractivity contribution in [1.29, 1.82) is 0 Å². The van der Waals surface area contributed by atoms with E-state index in [1.54, 1.807) is 29.2 Å². The molecular formula is C22H21NO4. The smallest absolute Gasteiger partial charge is 0.290 e. The van der Waals surface area contributed by atoms with Crippen LogP contribution in [0.25, 0.3) is 11.0 Å². The Morgan fingerprint density at radius 2 is 1.96 bits per heavy atom. The molecule has 1 atom stereocenters. The van der Waals surface area contributed by atoms with Gasteiger partial charge in [0.2, 0.25) is 0 Å². The molecule has 1 unspecified atom stereocenters. The molecule has 2 aromatic carbocycles. The summed E-state index contributed by atoms with van der Waals surface area (Å²) in [4.78, 5) is 27.2. The maximum Gasteiger partial charge on any atom is 0.290 e. The Bertz CT molecular complexity index is 1020. The van der Waals surface area contributed by atoms with Gasteiger partial charge in [-0.1, -0.05) is 24.3 Å². The number of carbonyl (C=O) groups is 1. The molecule has 1 aliphatic rings. The SMILES string of the molecule is CCOc1ccc(C2CCCN2C(=O)c2cc(=O)c3ccccc3o2)cc1. The van der Waals surface area contributed by atoms with E-state index in [0.717, 1.165) is 24.2 Å². The van der Waals surface area contributed by atoms with Crippen LogP contribution < -0.4 is 10.2 Å². The van der Waals surface area contributed by atoms with Gasteiger partial charge in [0, 0.05) is 12.6 Å². The molecule has 3 aromatic rings. The van der Waals surface area contributed by atoms with Gasteiger partial charge < -0.3 is 14.1 Å². The van der Waals surface area contributed by atoms with Gasteiger partial charge in [-0.15, -0.1) is 0 Å². The van der Waals surface area contributed by atoms with Crippen molar-refractivity contribution in [2.45, 2.75) is 25.8 Å². The molecule has 5 heteroatoms. The fourth-order valence-corrected chi connectivity index (χ4v) is 3.66. The highest BCUT2D eigenvalue weighted by molar-refractivity contribution is 5.93. The molecule has 0 saturated carbocycles. The monoisotopic (exact) mass is 363 g/mol. The molecule has 2 heterocycles. The van der Waals surface area contributed by atoms with E-state index in [1.165, 1.54) is 6.07 Å². The molecule has 1 saturated heterocycles. The minimum absolute atomic E-state index is 0.0232. The molecule has 138 valence electrons. The zero-order valence-electron chi connectivity index (χ0n) is 15.2. The standard InChI is InChI=1S/C22H21NO4/c1-2-26-16-11-9-15(10-12-16)18-7-5-13-23(18)22(25)21-14-19(24)17-6-3-4-8-20(17)27-21/h3-4,6,8-12,14,18H,2,5,7,13H2,1H3. The number of carbonyl (C=O) groups excluding carboxylic acids is 1.